The number of carboxylic acids is 1. The molecule has 35 heavy (non-hydrogen) atoms. The molecule has 0 radical (unpaired) electrons. The minimum atomic E-state index is -1.04. The summed E-state index contributed by atoms with van der Waals surface area (Å²) < 4.78 is 0. The molecule has 2 amide bonds. The Bertz CT molecular complexity index is 1230. The molecule has 0 saturated heterocycles. The van der Waals surface area contributed by atoms with Gasteiger partial charge in [0.1, 0.15) is 5.82 Å². The number of amides is 2. The Kier molecular flexibility index (Phi) is 7.87. The van der Waals surface area contributed by atoms with Crippen molar-refractivity contribution in [3.8, 4) is 0 Å². The first-order valence-corrected chi connectivity index (χ1v) is 11.8. The van der Waals surface area contributed by atoms with Crippen LogP contribution < -0.4 is 16.0 Å². The molecule has 1 aliphatic heterocycles. The van der Waals surface area contributed by atoms with E-state index in [1.807, 2.05) is 36.4 Å². The van der Waals surface area contributed by atoms with Gasteiger partial charge in [0.25, 0.3) is 0 Å². The Morgan fingerprint density at radius 2 is 1.97 bits per heavy atom. The number of aliphatic carboxylic acids is 1. The molecule has 4 rings (SSSR count). The summed E-state index contributed by atoms with van der Waals surface area (Å²) in [7, 11) is 0. The van der Waals surface area contributed by atoms with Crippen molar-refractivity contribution >= 4 is 34.5 Å². The maximum absolute atomic E-state index is 12.5. The number of aryl methyl sites for hydroxylation is 2. The number of nitrogens with zero attached hydrogens (tertiary/aromatic N) is 2. The summed E-state index contributed by atoms with van der Waals surface area (Å²) in [4.78, 5) is 45.0. The normalized spacial score (nSPS) is 13.4. The number of nitrogens with one attached hydrogen (secondary N) is 3. The summed E-state index contributed by atoms with van der Waals surface area (Å²) in [6.07, 6.45) is 4.98. The second-order valence-corrected chi connectivity index (χ2v) is 8.65. The molecule has 1 aromatic carbocycles. The lowest BCUT2D eigenvalue weighted by atomic mass is 10.0. The number of carbonyl (C=O) groups is 3. The molecule has 4 N–H and O–H groups in total. The fourth-order valence-corrected chi connectivity index (χ4v) is 4.16. The monoisotopic (exact) mass is 475 g/mol. The quantitative estimate of drug-likeness (QED) is 0.354. The zero-order chi connectivity index (χ0) is 24.6. The lowest BCUT2D eigenvalue weighted by Crippen LogP contribution is -2.39. The van der Waals surface area contributed by atoms with E-state index in [2.05, 4.69) is 32.0 Å². The molecule has 0 unspecified atom stereocenters. The van der Waals surface area contributed by atoms with Crippen molar-refractivity contribution in [2.75, 3.05) is 18.4 Å². The third-order valence-electron chi connectivity index (χ3n) is 5.96. The van der Waals surface area contributed by atoms with Crippen LogP contribution >= 0.6 is 0 Å². The van der Waals surface area contributed by atoms with Gasteiger partial charge in [-0.3, -0.25) is 19.4 Å². The van der Waals surface area contributed by atoms with E-state index in [0.29, 0.717) is 18.4 Å². The molecule has 2 aromatic heterocycles. The van der Waals surface area contributed by atoms with E-state index < -0.39 is 17.9 Å². The highest BCUT2D eigenvalue weighted by Crippen LogP contribution is 2.21. The molecule has 3 aromatic rings. The van der Waals surface area contributed by atoms with E-state index in [1.165, 1.54) is 5.56 Å². The predicted molar refractivity (Wildman–Crippen MR) is 132 cm³/mol. The van der Waals surface area contributed by atoms with Gasteiger partial charge in [0, 0.05) is 30.2 Å². The molecular formula is C26H29N5O4. The van der Waals surface area contributed by atoms with Crippen molar-refractivity contribution in [2.24, 2.45) is 0 Å². The largest absolute Gasteiger partial charge is 0.481 e. The Labute approximate surface area is 203 Å². The van der Waals surface area contributed by atoms with Crippen LogP contribution in [0.2, 0.25) is 0 Å². The van der Waals surface area contributed by atoms with Gasteiger partial charge in [-0.25, -0.2) is 4.98 Å². The summed E-state index contributed by atoms with van der Waals surface area (Å²) >= 11 is 0. The van der Waals surface area contributed by atoms with Crippen LogP contribution in [-0.4, -0.2) is 45.9 Å². The molecule has 1 aliphatic rings. The fourth-order valence-electron chi connectivity index (χ4n) is 4.16. The third-order valence-corrected chi connectivity index (χ3v) is 5.96. The molecule has 9 heteroatoms. The van der Waals surface area contributed by atoms with E-state index in [1.54, 1.807) is 6.20 Å². The number of anilines is 1. The Morgan fingerprint density at radius 3 is 2.83 bits per heavy atom. The number of para-hydroxylation sites is 1. The zero-order valence-corrected chi connectivity index (χ0v) is 19.4. The standard InChI is InChI=1S/C26H29N5O4/c32-23(9-3-7-20-11-10-17-6-4-12-27-26(17)30-20)29-16-24(33)31-22(14-25(34)35)19-13-18-5-1-2-8-21(18)28-15-19/h1-2,5,8,10-11,13,15,22H,3-4,6-7,9,12,14,16H2,(H,27,30)(H,29,32)(H,31,33)(H,34,35)/t22-/m0/s1. The van der Waals surface area contributed by atoms with Gasteiger partial charge < -0.3 is 21.1 Å². The van der Waals surface area contributed by atoms with Gasteiger partial charge >= 0.3 is 5.97 Å². The third kappa shape index (κ3) is 6.75. The highest BCUT2D eigenvalue weighted by molar-refractivity contribution is 5.85. The highest BCUT2D eigenvalue weighted by Gasteiger charge is 2.19. The molecule has 0 spiro atoms. The molecule has 9 nitrogen and oxygen atoms in total. The lowest BCUT2D eigenvalue weighted by molar-refractivity contribution is -0.138. The van der Waals surface area contributed by atoms with Crippen LogP contribution in [0.1, 0.15) is 48.5 Å². The van der Waals surface area contributed by atoms with Crippen molar-refractivity contribution in [2.45, 2.75) is 44.6 Å². The van der Waals surface area contributed by atoms with Crippen LogP contribution in [0.4, 0.5) is 5.82 Å². The van der Waals surface area contributed by atoms with Crippen molar-refractivity contribution in [3.63, 3.8) is 0 Å². The fraction of sp³-hybridized carbons (Fsp3) is 0.346. The van der Waals surface area contributed by atoms with Gasteiger partial charge in [0.2, 0.25) is 11.8 Å². The number of hydrogen-bond acceptors (Lipinski definition) is 6. The predicted octanol–water partition coefficient (Wildman–Crippen LogP) is 2.76. The average molecular weight is 476 g/mol. The molecule has 0 aliphatic carbocycles. The molecule has 0 fully saturated rings. The molecule has 182 valence electrons. The first kappa shape index (κ1) is 24.1. The molecule has 3 heterocycles. The number of benzene rings is 1. The number of aromatic nitrogens is 2. The molecular weight excluding hydrogens is 446 g/mol. The number of pyridine rings is 2. The Balaban J connectivity index is 1.25. The van der Waals surface area contributed by atoms with Gasteiger partial charge in [-0.2, -0.15) is 0 Å². The van der Waals surface area contributed by atoms with Crippen LogP contribution in [0.15, 0.2) is 48.7 Å². The number of carbonyl (C=O) groups excluding carboxylic acids is 2. The van der Waals surface area contributed by atoms with Crippen molar-refractivity contribution < 1.29 is 19.5 Å². The number of rotatable bonds is 10. The summed E-state index contributed by atoms with van der Waals surface area (Å²) in [6, 6.07) is 12.6. The minimum Gasteiger partial charge on any atom is -0.481 e. The Morgan fingerprint density at radius 1 is 1.11 bits per heavy atom. The first-order chi connectivity index (χ1) is 17.0. The summed E-state index contributed by atoms with van der Waals surface area (Å²) in [6.45, 7) is 0.704. The second-order valence-electron chi connectivity index (χ2n) is 8.65. The highest BCUT2D eigenvalue weighted by atomic mass is 16.4. The molecule has 0 saturated carbocycles. The van der Waals surface area contributed by atoms with Gasteiger partial charge in [-0.15, -0.1) is 0 Å². The van der Waals surface area contributed by atoms with Crippen molar-refractivity contribution in [3.05, 3.63) is 65.5 Å². The van der Waals surface area contributed by atoms with E-state index in [4.69, 9.17) is 0 Å². The van der Waals surface area contributed by atoms with E-state index in [-0.39, 0.29) is 25.3 Å². The lowest BCUT2D eigenvalue weighted by Gasteiger charge is -2.18. The van der Waals surface area contributed by atoms with Crippen molar-refractivity contribution in [1.29, 1.82) is 0 Å². The van der Waals surface area contributed by atoms with Crippen LogP contribution in [0.25, 0.3) is 10.9 Å². The van der Waals surface area contributed by atoms with Gasteiger partial charge in [0.15, 0.2) is 0 Å². The second kappa shape index (κ2) is 11.4. The maximum Gasteiger partial charge on any atom is 0.305 e. The smallest absolute Gasteiger partial charge is 0.305 e. The van der Waals surface area contributed by atoms with Crippen LogP contribution in [-0.2, 0) is 27.2 Å². The SMILES string of the molecule is O=C(O)C[C@H](NC(=O)CNC(=O)CCCc1ccc2c(n1)NCCC2)c1cnc2ccccc2c1. The Hall–Kier alpha value is -4.01. The van der Waals surface area contributed by atoms with Gasteiger partial charge in [-0.05, 0) is 55.0 Å². The minimum absolute atomic E-state index is 0.225. The summed E-state index contributed by atoms with van der Waals surface area (Å²) in [5.41, 5.74) is 3.54. The van der Waals surface area contributed by atoms with Gasteiger partial charge in [0.05, 0.1) is 24.5 Å². The maximum atomic E-state index is 12.5. The number of hydrogen-bond donors (Lipinski definition) is 4. The van der Waals surface area contributed by atoms with E-state index in [9.17, 15) is 19.5 Å². The zero-order valence-electron chi connectivity index (χ0n) is 19.4. The van der Waals surface area contributed by atoms with Gasteiger partial charge in [-0.1, -0.05) is 24.3 Å². The summed E-state index contributed by atoms with van der Waals surface area (Å²) in [5, 5.41) is 18.8. The van der Waals surface area contributed by atoms with Crippen LogP contribution in [0.5, 0.6) is 0 Å². The molecule has 1 atom stereocenters. The first-order valence-electron chi connectivity index (χ1n) is 11.8. The summed E-state index contributed by atoms with van der Waals surface area (Å²) in [5.74, 6) is -0.801. The van der Waals surface area contributed by atoms with Crippen molar-refractivity contribution in [1.82, 2.24) is 20.6 Å². The van der Waals surface area contributed by atoms with Crippen LogP contribution in [0.3, 0.4) is 0 Å². The van der Waals surface area contributed by atoms with E-state index in [0.717, 1.165) is 41.8 Å². The number of fused-ring (bicyclic) bond motifs is 2. The van der Waals surface area contributed by atoms with Crippen LogP contribution in [0, 0.1) is 0 Å². The average Bonchev–Trinajstić information content (AvgIpc) is 2.86. The molecule has 0 bridgehead atoms. The number of carboxylic acid groups (broad SMARTS) is 1. The topological polar surface area (TPSA) is 133 Å². The van der Waals surface area contributed by atoms with E-state index >= 15 is 0 Å².